The minimum absolute atomic E-state index is 0. The van der Waals surface area contributed by atoms with E-state index in [0.29, 0.717) is 75.3 Å². The van der Waals surface area contributed by atoms with Gasteiger partial charge >= 0.3 is 0 Å². The number of hydrogen-bond acceptors (Lipinski definition) is 7. The lowest BCUT2D eigenvalue weighted by molar-refractivity contribution is -0.163. The quantitative estimate of drug-likeness (QED) is 0.280. The first kappa shape index (κ1) is 37.6. The first-order valence-electron chi connectivity index (χ1n) is 17.5. The second-order valence-corrected chi connectivity index (χ2v) is 14.0. The Balaban J connectivity index is 0.00000520. The number of halogens is 1. The maximum absolute atomic E-state index is 13.9. The van der Waals surface area contributed by atoms with Crippen molar-refractivity contribution < 1.29 is 24.2 Å². The summed E-state index contributed by atoms with van der Waals surface area (Å²) >= 11 is 0. The Labute approximate surface area is 292 Å². The molecule has 2 aromatic rings. The number of benzene rings is 2. The Kier molecular flexibility index (Phi) is 13.3. The van der Waals surface area contributed by atoms with E-state index in [1.807, 2.05) is 36.0 Å². The lowest BCUT2D eigenvalue weighted by Crippen LogP contribution is -2.73. The molecule has 11 heteroatoms. The second-order valence-electron chi connectivity index (χ2n) is 14.0. The number of piperidine rings is 1. The van der Waals surface area contributed by atoms with E-state index in [1.54, 1.807) is 24.3 Å². The lowest BCUT2D eigenvalue weighted by atomic mass is 9.77. The molecule has 3 N–H and O–H groups in total. The standard InChI is InChI=1S/C37H53N5O5.ClH/c1-4-5-22-42-34(44)32(26-36(46)17-7-6-8-18-36)39-35(45)37(42)19-23-41(24-20-37)27-28-9-13-30(14-10-28)47-31-15-11-29(12-16-31)33(43)38-21-25-40(2)3;/h9-16,32,46H,4-8,17-27H2,1-3H3,(H,38,43)(H,39,45);1H/t32-;/m1./s1. The lowest BCUT2D eigenvalue weighted by Gasteiger charge is -2.52. The van der Waals surface area contributed by atoms with E-state index in [1.165, 1.54) is 0 Å². The van der Waals surface area contributed by atoms with Gasteiger partial charge in [0.2, 0.25) is 11.8 Å². The third kappa shape index (κ3) is 9.28. The number of nitrogens with one attached hydrogen (secondary N) is 2. The molecule has 0 aromatic heterocycles. The van der Waals surface area contributed by atoms with Crippen molar-refractivity contribution in [1.29, 1.82) is 0 Å². The maximum atomic E-state index is 13.9. The van der Waals surface area contributed by atoms with Crippen LogP contribution in [0.1, 0.15) is 87.1 Å². The van der Waals surface area contributed by atoms with Crippen molar-refractivity contribution in [2.24, 2.45) is 0 Å². The first-order valence-corrected chi connectivity index (χ1v) is 17.5. The fourth-order valence-corrected chi connectivity index (χ4v) is 7.25. The van der Waals surface area contributed by atoms with Crippen molar-refractivity contribution in [1.82, 2.24) is 25.3 Å². The number of likely N-dealkylation sites (N-methyl/N-ethyl adjacent to an activating group) is 1. The maximum Gasteiger partial charge on any atom is 0.251 e. The van der Waals surface area contributed by atoms with Crippen molar-refractivity contribution >= 4 is 30.1 Å². The number of rotatable bonds is 13. The number of carbonyl (C=O) groups excluding carboxylic acids is 3. The van der Waals surface area contributed by atoms with Crippen molar-refractivity contribution in [3.8, 4) is 11.5 Å². The summed E-state index contributed by atoms with van der Waals surface area (Å²) in [5.41, 5.74) is 0.0431. The largest absolute Gasteiger partial charge is 0.457 e. The van der Waals surface area contributed by atoms with Crippen LogP contribution >= 0.6 is 12.4 Å². The van der Waals surface area contributed by atoms with Crippen molar-refractivity contribution in [2.45, 2.75) is 94.9 Å². The van der Waals surface area contributed by atoms with E-state index < -0.39 is 17.2 Å². The van der Waals surface area contributed by atoms with Crippen LogP contribution in [0.25, 0.3) is 0 Å². The number of piperazine rings is 1. The van der Waals surface area contributed by atoms with Gasteiger partial charge in [0.25, 0.3) is 5.91 Å². The summed E-state index contributed by atoms with van der Waals surface area (Å²) in [5.74, 6) is 1.18. The Bertz CT molecular complexity index is 1360. The Morgan fingerprint density at radius 3 is 2.21 bits per heavy atom. The summed E-state index contributed by atoms with van der Waals surface area (Å²) < 4.78 is 6.02. The number of hydrogen-bond donors (Lipinski definition) is 3. The molecule has 0 unspecified atom stereocenters. The average molecular weight is 684 g/mol. The molecule has 5 rings (SSSR count). The molecule has 2 aromatic carbocycles. The number of nitrogens with zero attached hydrogens (tertiary/aromatic N) is 3. The van der Waals surface area contributed by atoms with Crippen LogP contribution in [0.4, 0.5) is 0 Å². The summed E-state index contributed by atoms with van der Waals surface area (Å²) in [7, 11) is 3.94. The smallest absolute Gasteiger partial charge is 0.251 e. The number of amides is 3. The van der Waals surface area contributed by atoms with Gasteiger partial charge in [-0.05, 0) is 88.2 Å². The zero-order chi connectivity index (χ0) is 33.4. The highest BCUT2D eigenvalue weighted by Gasteiger charge is 2.54. The second kappa shape index (κ2) is 17.0. The predicted octanol–water partition coefficient (Wildman–Crippen LogP) is 4.74. The summed E-state index contributed by atoms with van der Waals surface area (Å²) in [6.45, 7) is 6.22. The highest BCUT2D eigenvalue weighted by Crippen LogP contribution is 2.38. The van der Waals surface area contributed by atoms with Gasteiger partial charge in [-0.15, -0.1) is 12.4 Å². The fourth-order valence-electron chi connectivity index (χ4n) is 7.25. The summed E-state index contributed by atoms with van der Waals surface area (Å²) in [4.78, 5) is 46.2. The third-order valence-electron chi connectivity index (χ3n) is 10.1. The molecule has 2 saturated heterocycles. The number of unbranched alkanes of at least 4 members (excludes halogenated alkanes) is 1. The van der Waals surface area contributed by atoms with E-state index in [9.17, 15) is 19.5 Å². The van der Waals surface area contributed by atoms with Gasteiger partial charge in [0, 0.05) is 51.3 Å². The van der Waals surface area contributed by atoms with Gasteiger partial charge in [-0.2, -0.15) is 0 Å². The molecular weight excluding hydrogens is 630 g/mol. The summed E-state index contributed by atoms with van der Waals surface area (Å²) in [6.07, 6.45) is 7.73. The number of aliphatic hydroxyl groups is 1. The van der Waals surface area contributed by atoms with E-state index in [4.69, 9.17) is 4.74 Å². The van der Waals surface area contributed by atoms with Crippen molar-refractivity contribution in [3.63, 3.8) is 0 Å². The molecule has 3 fully saturated rings. The van der Waals surface area contributed by atoms with Crippen LogP contribution in [0.15, 0.2) is 48.5 Å². The average Bonchev–Trinajstić information content (AvgIpc) is 3.06. The molecule has 264 valence electrons. The molecule has 10 nitrogen and oxygen atoms in total. The number of likely N-dealkylation sites (tertiary alicyclic amines) is 1. The fraction of sp³-hybridized carbons (Fsp3) is 0.595. The molecule has 3 aliphatic rings. The zero-order valence-corrected chi connectivity index (χ0v) is 29.7. The minimum Gasteiger partial charge on any atom is -0.457 e. The monoisotopic (exact) mass is 683 g/mol. The van der Waals surface area contributed by atoms with Crippen LogP contribution in [-0.4, -0.2) is 102 Å². The molecule has 0 bridgehead atoms. The van der Waals surface area contributed by atoms with E-state index >= 15 is 0 Å². The number of carbonyl (C=O) groups is 3. The van der Waals surface area contributed by atoms with Gasteiger partial charge < -0.3 is 30.3 Å². The Morgan fingerprint density at radius 2 is 1.60 bits per heavy atom. The molecular formula is C37H54ClN5O5. The predicted molar refractivity (Wildman–Crippen MR) is 190 cm³/mol. The third-order valence-corrected chi connectivity index (χ3v) is 10.1. The van der Waals surface area contributed by atoms with Crippen LogP contribution in [0.3, 0.4) is 0 Å². The van der Waals surface area contributed by atoms with Crippen LogP contribution < -0.4 is 15.4 Å². The van der Waals surface area contributed by atoms with E-state index in [-0.39, 0.29) is 30.1 Å². The van der Waals surface area contributed by atoms with Crippen LogP contribution in [0.5, 0.6) is 11.5 Å². The zero-order valence-electron chi connectivity index (χ0n) is 28.8. The summed E-state index contributed by atoms with van der Waals surface area (Å²) in [6, 6.07) is 14.5. The minimum atomic E-state index is -0.870. The summed E-state index contributed by atoms with van der Waals surface area (Å²) in [5, 5.41) is 17.2. The molecule has 1 aliphatic carbocycles. The normalized spacial score (nSPS) is 20.7. The van der Waals surface area contributed by atoms with E-state index in [2.05, 4.69) is 34.6 Å². The van der Waals surface area contributed by atoms with Gasteiger partial charge in [0.15, 0.2) is 0 Å². The topological polar surface area (TPSA) is 114 Å². The molecule has 2 heterocycles. The van der Waals surface area contributed by atoms with Gasteiger partial charge in [-0.25, -0.2) is 0 Å². The van der Waals surface area contributed by atoms with Crippen molar-refractivity contribution in [3.05, 3.63) is 59.7 Å². The Morgan fingerprint density at radius 1 is 0.979 bits per heavy atom. The molecule has 2 aliphatic heterocycles. The van der Waals surface area contributed by atoms with Crippen LogP contribution in [-0.2, 0) is 16.1 Å². The van der Waals surface area contributed by atoms with Crippen LogP contribution in [0.2, 0.25) is 0 Å². The molecule has 3 amide bonds. The van der Waals surface area contributed by atoms with Gasteiger partial charge in [-0.3, -0.25) is 19.3 Å². The number of ether oxygens (including phenoxy) is 1. The molecule has 1 spiro atoms. The van der Waals surface area contributed by atoms with Gasteiger partial charge in [-0.1, -0.05) is 44.7 Å². The molecule has 0 radical (unpaired) electrons. The van der Waals surface area contributed by atoms with Gasteiger partial charge in [0.1, 0.15) is 23.1 Å². The molecule has 1 atom stereocenters. The highest BCUT2D eigenvalue weighted by molar-refractivity contribution is 6.00. The Hall–Kier alpha value is -3.18. The van der Waals surface area contributed by atoms with Crippen molar-refractivity contribution in [2.75, 3.05) is 46.8 Å². The highest BCUT2D eigenvalue weighted by atomic mass is 35.5. The molecule has 1 saturated carbocycles. The van der Waals surface area contributed by atoms with Crippen LogP contribution in [0, 0.1) is 0 Å². The first-order chi connectivity index (χ1) is 22.6. The SMILES string of the molecule is CCCCN1C(=O)[C@@H](CC2(O)CCCCC2)NC(=O)C12CCN(Cc1ccc(Oc3ccc(C(=O)NCCN(C)C)cc3)cc1)CC2.Cl. The molecule has 48 heavy (non-hydrogen) atoms. The van der Waals surface area contributed by atoms with Gasteiger partial charge in [0.05, 0.1) is 5.60 Å². The van der Waals surface area contributed by atoms with E-state index in [0.717, 1.165) is 50.8 Å².